The van der Waals surface area contributed by atoms with Crippen molar-refractivity contribution in [3.63, 3.8) is 0 Å². The van der Waals surface area contributed by atoms with E-state index in [9.17, 15) is 0 Å². The lowest BCUT2D eigenvalue weighted by atomic mass is 10.1. The zero-order valence-electron chi connectivity index (χ0n) is 11.9. The topological polar surface area (TPSA) is 24.5 Å². The first-order chi connectivity index (χ1) is 8.22. The van der Waals surface area contributed by atoms with Gasteiger partial charge in [0.15, 0.2) is 0 Å². The summed E-state index contributed by atoms with van der Waals surface area (Å²) >= 11 is 0. The Morgan fingerprint density at radius 1 is 1.18 bits per heavy atom. The van der Waals surface area contributed by atoms with Crippen molar-refractivity contribution in [1.29, 1.82) is 0 Å². The fourth-order valence-corrected chi connectivity index (χ4v) is 2.45. The van der Waals surface area contributed by atoms with E-state index in [1.54, 1.807) is 7.11 Å². The van der Waals surface area contributed by atoms with Crippen LogP contribution in [0.25, 0.3) is 0 Å². The van der Waals surface area contributed by atoms with Crippen LogP contribution in [0.4, 0.5) is 0 Å². The standard InChI is InChI=1S/C14H30N2O/c1-13(11-15-14(2)7-10-17-3)12-16-8-5-4-6-9-16/h13-15H,4-12H2,1-3H3. The lowest BCUT2D eigenvalue weighted by Gasteiger charge is -2.29. The maximum absolute atomic E-state index is 5.09. The van der Waals surface area contributed by atoms with E-state index in [1.165, 1.54) is 38.9 Å². The third-order valence-corrected chi connectivity index (χ3v) is 3.59. The van der Waals surface area contributed by atoms with Crippen molar-refractivity contribution in [2.75, 3.05) is 39.9 Å². The molecule has 1 aliphatic heterocycles. The lowest BCUT2D eigenvalue weighted by Crippen LogP contribution is -2.38. The van der Waals surface area contributed by atoms with Gasteiger partial charge in [-0.15, -0.1) is 0 Å². The highest BCUT2D eigenvalue weighted by atomic mass is 16.5. The van der Waals surface area contributed by atoms with E-state index in [0.29, 0.717) is 6.04 Å². The van der Waals surface area contributed by atoms with Crippen LogP contribution < -0.4 is 5.32 Å². The van der Waals surface area contributed by atoms with Gasteiger partial charge in [0.25, 0.3) is 0 Å². The van der Waals surface area contributed by atoms with Crippen LogP contribution in [0.2, 0.25) is 0 Å². The predicted octanol–water partition coefficient (Wildman–Crippen LogP) is 2.12. The molecule has 1 aliphatic rings. The summed E-state index contributed by atoms with van der Waals surface area (Å²) in [5, 5.41) is 3.60. The Morgan fingerprint density at radius 3 is 2.53 bits per heavy atom. The van der Waals surface area contributed by atoms with Crippen molar-refractivity contribution in [3.05, 3.63) is 0 Å². The minimum Gasteiger partial charge on any atom is -0.385 e. The van der Waals surface area contributed by atoms with Crippen LogP contribution >= 0.6 is 0 Å². The first-order valence-corrected chi connectivity index (χ1v) is 7.17. The number of hydrogen-bond acceptors (Lipinski definition) is 3. The molecule has 0 aliphatic carbocycles. The summed E-state index contributed by atoms with van der Waals surface area (Å²) in [6.45, 7) is 10.4. The van der Waals surface area contributed by atoms with E-state index in [0.717, 1.165) is 25.5 Å². The van der Waals surface area contributed by atoms with Crippen LogP contribution in [0.1, 0.15) is 39.5 Å². The number of methoxy groups -OCH3 is 1. The van der Waals surface area contributed by atoms with Gasteiger partial charge in [-0.25, -0.2) is 0 Å². The molecule has 102 valence electrons. The average Bonchev–Trinajstić information content (AvgIpc) is 2.35. The molecule has 1 fully saturated rings. The highest BCUT2D eigenvalue weighted by Crippen LogP contribution is 2.10. The van der Waals surface area contributed by atoms with Gasteiger partial charge in [0.05, 0.1) is 0 Å². The predicted molar refractivity (Wildman–Crippen MR) is 73.4 cm³/mol. The number of rotatable bonds is 8. The fraction of sp³-hybridized carbons (Fsp3) is 1.00. The van der Waals surface area contributed by atoms with Gasteiger partial charge in [-0.1, -0.05) is 13.3 Å². The molecule has 1 N–H and O–H groups in total. The van der Waals surface area contributed by atoms with Crippen molar-refractivity contribution in [2.45, 2.75) is 45.6 Å². The molecule has 0 amide bonds. The van der Waals surface area contributed by atoms with Crippen LogP contribution in [0.3, 0.4) is 0 Å². The van der Waals surface area contributed by atoms with Crippen LogP contribution in [-0.4, -0.2) is 50.8 Å². The number of nitrogens with one attached hydrogen (secondary N) is 1. The first-order valence-electron chi connectivity index (χ1n) is 7.17. The molecule has 3 nitrogen and oxygen atoms in total. The van der Waals surface area contributed by atoms with Crippen LogP contribution in [0, 0.1) is 5.92 Å². The molecule has 1 rings (SSSR count). The van der Waals surface area contributed by atoms with Crippen molar-refractivity contribution < 1.29 is 4.74 Å². The molecule has 17 heavy (non-hydrogen) atoms. The van der Waals surface area contributed by atoms with Crippen LogP contribution in [0.5, 0.6) is 0 Å². The molecular weight excluding hydrogens is 212 g/mol. The van der Waals surface area contributed by atoms with Crippen molar-refractivity contribution >= 4 is 0 Å². The molecule has 2 atom stereocenters. The van der Waals surface area contributed by atoms with Gasteiger partial charge in [-0.3, -0.25) is 0 Å². The van der Waals surface area contributed by atoms with E-state index < -0.39 is 0 Å². The summed E-state index contributed by atoms with van der Waals surface area (Å²) in [5.74, 6) is 0.748. The third kappa shape index (κ3) is 7.02. The normalized spacial score (nSPS) is 21.4. The van der Waals surface area contributed by atoms with E-state index >= 15 is 0 Å². The molecule has 0 saturated carbocycles. The maximum Gasteiger partial charge on any atom is 0.0476 e. The smallest absolute Gasteiger partial charge is 0.0476 e. The zero-order chi connectivity index (χ0) is 12.5. The summed E-state index contributed by atoms with van der Waals surface area (Å²) in [6.07, 6.45) is 5.32. The Hall–Kier alpha value is -0.120. The number of nitrogens with zero attached hydrogens (tertiary/aromatic N) is 1. The second-order valence-corrected chi connectivity index (χ2v) is 5.56. The lowest BCUT2D eigenvalue weighted by molar-refractivity contribution is 0.178. The molecule has 1 heterocycles. The van der Waals surface area contributed by atoms with Crippen molar-refractivity contribution in [1.82, 2.24) is 10.2 Å². The van der Waals surface area contributed by atoms with Gasteiger partial charge in [-0.2, -0.15) is 0 Å². The maximum atomic E-state index is 5.09. The molecule has 0 aromatic carbocycles. The second kappa shape index (κ2) is 8.90. The van der Waals surface area contributed by atoms with Crippen molar-refractivity contribution in [3.8, 4) is 0 Å². The number of likely N-dealkylation sites (tertiary alicyclic amines) is 1. The van der Waals surface area contributed by atoms with Crippen LogP contribution in [-0.2, 0) is 4.74 Å². The Bertz CT molecular complexity index is 181. The zero-order valence-corrected chi connectivity index (χ0v) is 11.9. The highest BCUT2D eigenvalue weighted by molar-refractivity contribution is 4.70. The molecule has 0 radical (unpaired) electrons. The average molecular weight is 242 g/mol. The van der Waals surface area contributed by atoms with Crippen molar-refractivity contribution in [2.24, 2.45) is 5.92 Å². The number of ether oxygens (including phenoxy) is 1. The van der Waals surface area contributed by atoms with E-state index in [-0.39, 0.29) is 0 Å². The minimum absolute atomic E-state index is 0.568. The van der Waals surface area contributed by atoms with E-state index in [4.69, 9.17) is 4.74 Å². The number of piperidine rings is 1. The summed E-state index contributed by atoms with van der Waals surface area (Å²) in [6, 6.07) is 0.568. The Morgan fingerprint density at radius 2 is 1.88 bits per heavy atom. The van der Waals surface area contributed by atoms with E-state index in [2.05, 4.69) is 24.1 Å². The number of hydrogen-bond donors (Lipinski definition) is 1. The van der Waals surface area contributed by atoms with Gasteiger partial charge in [0.1, 0.15) is 0 Å². The van der Waals surface area contributed by atoms with Gasteiger partial charge in [0, 0.05) is 26.3 Å². The molecule has 0 spiro atoms. The quantitative estimate of drug-likeness (QED) is 0.705. The summed E-state index contributed by atoms with van der Waals surface area (Å²) in [7, 11) is 1.77. The highest BCUT2D eigenvalue weighted by Gasteiger charge is 2.13. The van der Waals surface area contributed by atoms with Gasteiger partial charge >= 0.3 is 0 Å². The molecule has 1 saturated heterocycles. The van der Waals surface area contributed by atoms with Gasteiger partial charge < -0.3 is 15.0 Å². The summed E-state index contributed by atoms with van der Waals surface area (Å²) in [5.41, 5.74) is 0. The Labute approximate surface area is 107 Å². The minimum atomic E-state index is 0.568. The summed E-state index contributed by atoms with van der Waals surface area (Å²) in [4.78, 5) is 2.62. The van der Waals surface area contributed by atoms with E-state index in [1.807, 2.05) is 0 Å². The molecule has 0 aromatic rings. The fourth-order valence-electron chi connectivity index (χ4n) is 2.45. The second-order valence-electron chi connectivity index (χ2n) is 5.56. The SMILES string of the molecule is COCCC(C)NCC(C)CN1CCCCC1. The van der Waals surface area contributed by atoms with Gasteiger partial charge in [-0.05, 0) is 51.7 Å². The summed E-state index contributed by atoms with van der Waals surface area (Å²) < 4.78 is 5.09. The Kier molecular flexibility index (Phi) is 7.82. The molecule has 0 bridgehead atoms. The first kappa shape index (κ1) is 14.9. The molecule has 0 aromatic heterocycles. The van der Waals surface area contributed by atoms with Gasteiger partial charge in [0.2, 0.25) is 0 Å². The van der Waals surface area contributed by atoms with Crippen LogP contribution in [0.15, 0.2) is 0 Å². The molecule has 2 unspecified atom stereocenters. The largest absolute Gasteiger partial charge is 0.385 e. The Balaban J connectivity index is 2.05. The third-order valence-electron chi connectivity index (χ3n) is 3.59. The molecule has 3 heteroatoms. The monoisotopic (exact) mass is 242 g/mol. The molecular formula is C14H30N2O.